The van der Waals surface area contributed by atoms with Crippen LogP contribution in [0.5, 0.6) is 0 Å². The number of rotatable bonds is 12. The van der Waals surface area contributed by atoms with Gasteiger partial charge in [-0.05, 0) is 46.2 Å². The lowest BCUT2D eigenvalue weighted by Gasteiger charge is -2.26. The van der Waals surface area contributed by atoms with E-state index < -0.39 is 0 Å². The molecule has 5 rings (SSSR count). The number of benzene rings is 4. The third kappa shape index (κ3) is 8.73. The highest BCUT2D eigenvalue weighted by Gasteiger charge is 2.19. The van der Waals surface area contributed by atoms with Gasteiger partial charge in [0.2, 0.25) is 0 Å². The van der Waals surface area contributed by atoms with Crippen molar-refractivity contribution in [2.24, 2.45) is 0 Å². The molecule has 5 heteroatoms. The molecule has 0 unspecified atom stereocenters. The van der Waals surface area contributed by atoms with Crippen molar-refractivity contribution in [1.82, 2.24) is 15.2 Å². The zero-order valence-corrected chi connectivity index (χ0v) is 26.2. The Labute approximate surface area is 260 Å². The monoisotopic (exact) mass is 587 g/mol. The first kappa shape index (κ1) is 30.4. The van der Waals surface area contributed by atoms with Gasteiger partial charge >= 0.3 is 0 Å². The summed E-state index contributed by atoms with van der Waals surface area (Å²) in [4.78, 5) is 20.1. The fourth-order valence-electron chi connectivity index (χ4n) is 5.34. The maximum Gasteiger partial charge on any atom is 0.271 e. The van der Waals surface area contributed by atoms with Gasteiger partial charge in [0.25, 0.3) is 5.91 Å². The van der Waals surface area contributed by atoms with E-state index in [-0.39, 0.29) is 11.3 Å². The van der Waals surface area contributed by atoms with Crippen LogP contribution in [0.1, 0.15) is 76.4 Å². The van der Waals surface area contributed by atoms with Crippen molar-refractivity contribution in [3.8, 4) is 0 Å². The summed E-state index contributed by atoms with van der Waals surface area (Å²) >= 11 is 1.56. The van der Waals surface area contributed by atoms with Crippen molar-refractivity contribution in [2.45, 2.75) is 58.2 Å². The van der Waals surface area contributed by atoms with Crippen LogP contribution in [0.15, 0.2) is 121 Å². The third-order valence-electron chi connectivity index (χ3n) is 7.80. The number of nitrogens with zero attached hydrogens (tertiary/aromatic N) is 2. The molecule has 1 heterocycles. The van der Waals surface area contributed by atoms with Crippen molar-refractivity contribution in [3.05, 3.63) is 159 Å². The molecule has 0 aliphatic carbocycles. The number of aromatic nitrogens is 1. The van der Waals surface area contributed by atoms with Gasteiger partial charge in [-0.2, -0.15) is 0 Å². The fourth-order valence-corrected chi connectivity index (χ4v) is 6.15. The number of hydrogen-bond acceptors (Lipinski definition) is 4. The first-order valence-corrected chi connectivity index (χ1v) is 15.9. The molecule has 4 aromatic carbocycles. The van der Waals surface area contributed by atoms with Gasteiger partial charge in [0, 0.05) is 24.4 Å². The first-order valence-electron chi connectivity index (χ1n) is 15.0. The quantitative estimate of drug-likeness (QED) is 0.159. The van der Waals surface area contributed by atoms with Crippen LogP contribution in [-0.4, -0.2) is 22.3 Å². The van der Waals surface area contributed by atoms with Crippen LogP contribution >= 0.6 is 11.3 Å². The average Bonchev–Trinajstić information content (AvgIpc) is 3.50. The van der Waals surface area contributed by atoms with Crippen molar-refractivity contribution in [3.63, 3.8) is 0 Å². The molecule has 0 fully saturated rings. The largest absolute Gasteiger partial charge is 0.347 e. The molecule has 220 valence electrons. The molecule has 4 nitrogen and oxygen atoms in total. The number of carbonyl (C=O) groups excluding carboxylic acids is 1. The molecular weight excluding hydrogens is 547 g/mol. The van der Waals surface area contributed by atoms with Crippen LogP contribution in [0.2, 0.25) is 0 Å². The topological polar surface area (TPSA) is 45.2 Å². The van der Waals surface area contributed by atoms with E-state index in [1.54, 1.807) is 11.3 Å². The van der Waals surface area contributed by atoms with Crippen molar-refractivity contribution >= 4 is 17.2 Å². The minimum atomic E-state index is -0.135. The summed E-state index contributed by atoms with van der Waals surface area (Å²) in [5.74, 6) is 0.160. The van der Waals surface area contributed by atoms with Gasteiger partial charge in [0.05, 0.1) is 6.54 Å². The summed E-state index contributed by atoms with van der Waals surface area (Å²) in [5.41, 5.74) is 6.95. The predicted molar refractivity (Wildman–Crippen MR) is 178 cm³/mol. The summed E-state index contributed by atoms with van der Waals surface area (Å²) in [6.45, 7) is 9.63. The van der Waals surface area contributed by atoms with Crippen molar-refractivity contribution in [1.29, 1.82) is 0 Å². The van der Waals surface area contributed by atoms with Crippen LogP contribution < -0.4 is 5.32 Å². The zero-order valence-electron chi connectivity index (χ0n) is 25.4. The second-order valence-electron chi connectivity index (χ2n) is 12.1. The Morgan fingerprint density at radius 2 is 1.35 bits per heavy atom. The highest BCUT2D eigenvalue weighted by molar-refractivity contribution is 7.09. The highest BCUT2D eigenvalue weighted by Crippen LogP contribution is 2.29. The summed E-state index contributed by atoms with van der Waals surface area (Å²) in [7, 11) is 0. The number of hydrogen-bond donors (Lipinski definition) is 1. The molecule has 0 atom stereocenters. The fraction of sp³-hybridized carbons (Fsp3) is 0.263. The molecule has 1 aromatic heterocycles. The summed E-state index contributed by atoms with van der Waals surface area (Å²) in [6, 6.07) is 40.5. The van der Waals surface area contributed by atoms with Crippen LogP contribution in [0, 0.1) is 0 Å². The summed E-state index contributed by atoms with van der Waals surface area (Å²) < 4.78 is 0. The Balaban J connectivity index is 1.32. The van der Waals surface area contributed by atoms with E-state index in [1.807, 2.05) is 35.7 Å². The Bertz CT molecular complexity index is 1520. The molecule has 0 saturated heterocycles. The predicted octanol–water partition coefficient (Wildman–Crippen LogP) is 8.60. The number of nitrogens with one attached hydrogen (secondary N) is 1. The lowest BCUT2D eigenvalue weighted by molar-refractivity contribution is 0.0946. The molecule has 5 aromatic rings. The first-order chi connectivity index (χ1) is 20.8. The van der Waals surface area contributed by atoms with Gasteiger partial charge in [-0.15, -0.1) is 11.3 Å². The van der Waals surface area contributed by atoms with Crippen LogP contribution in [0.25, 0.3) is 0 Å². The Morgan fingerprint density at radius 1 is 0.767 bits per heavy atom. The summed E-state index contributed by atoms with van der Waals surface area (Å²) in [5, 5.41) is 5.84. The number of amides is 1. The molecule has 1 N–H and O–H groups in total. The van der Waals surface area contributed by atoms with E-state index in [0.29, 0.717) is 24.7 Å². The Morgan fingerprint density at radius 3 is 1.93 bits per heavy atom. The average molecular weight is 588 g/mol. The van der Waals surface area contributed by atoms with Gasteiger partial charge in [0.15, 0.2) is 0 Å². The smallest absolute Gasteiger partial charge is 0.271 e. The molecule has 0 radical (unpaired) electrons. The van der Waals surface area contributed by atoms with Crippen LogP contribution in [-0.2, 0) is 25.0 Å². The van der Waals surface area contributed by atoms with Gasteiger partial charge in [0.1, 0.15) is 10.7 Å². The lowest BCUT2D eigenvalue weighted by Crippen LogP contribution is -2.26. The van der Waals surface area contributed by atoms with Crippen LogP contribution in [0.4, 0.5) is 0 Å². The lowest BCUT2D eigenvalue weighted by atomic mass is 9.86. The summed E-state index contributed by atoms with van der Waals surface area (Å²) in [6.07, 6.45) is 0.976. The minimum absolute atomic E-state index is 0.120. The second kappa shape index (κ2) is 14.4. The van der Waals surface area contributed by atoms with Crippen LogP contribution in [0.3, 0.4) is 0 Å². The highest BCUT2D eigenvalue weighted by atomic mass is 32.1. The van der Waals surface area contributed by atoms with E-state index >= 15 is 0 Å². The van der Waals surface area contributed by atoms with E-state index in [2.05, 4.69) is 116 Å². The van der Waals surface area contributed by atoms with Crippen molar-refractivity contribution in [2.75, 3.05) is 6.54 Å². The Kier molecular flexibility index (Phi) is 10.2. The maximum absolute atomic E-state index is 12.9. The van der Waals surface area contributed by atoms with Gasteiger partial charge in [-0.1, -0.05) is 136 Å². The number of carbonyl (C=O) groups is 1. The molecule has 0 bridgehead atoms. The van der Waals surface area contributed by atoms with E-state index in [0.717, 1.165) is 30.1 Å². The molecule has 1 amide bonds. The van der Waals surface area contributed by atoms with Gasteiger partial charge < -0.3 is 5.32 Å². The molecule has 0 aliphatic rings. The maximum atomic E-state index is 12.9. The van der Waals surface area contributed by atoms with Gasteiger partial charge in [-0.25, -0.2) is 4.98 Å². The van der Waals surface area contributed by atoms with E-state index in [9.17, 15) is 4.79 Å². The molecule has 0 spiro atoms. The minimum Gasteiger partial charge on any atom is -0.347 e. The van der Waals surface area contributed by atoms with Gasteiger partial charge in [-0.3, -0.25) is 9.69 Å². The SMILES string of the molecule is CC(C)(C)c1ccc(CN(CCC(c2ccccc2)c2ccccc2)Cc2nc(C(=O)NCc3ccccc3)cs2)cc1. The zero-order chi connectivity index (χ0) is 30.1. The van der Waals surface area contributed by atoms with E-state index in [4.69, 9.17) is 4.98 Å². The second-order valence-corrected chi connectivity index (χ2v) is 13.1. The van der Waals surface area contributed by atoms with E-state index in [1.165, 1.54) is 22.3 Å². The standard InChI is InChI=1S/C38H41N3OS/c1-38(2,3)33-21-19-30(20-22-33)26-41(24-23-34(31-15-9-5-10-16-31)32-17-11-6-12-18-32)27-36-40-35(28-43-36)37(42)39-25-29-13-7-4-8-14-29/h4-22,28,34H,23-27H2,1-3H3,(H,39,42). The normalized spacial score (nSPS) is 11.7. The molecule has 0 aliphatic heterocycles. The molecule has 43 heavy (non-hydrogen) atoms. The molecular formula is C38H41N3OS. The molecule has 0 saturated carbocycles. The van der Waals surface area contributed by atoms with Crippen molar-refractivity contribution < 1.29 is 4.79 Å². The third-order valence-corrected chi connectivity index (χ3v) is 8.64. The Hall–Kier alpha value is -4.06. The number of thiazole rings is 1.